The first-order chi connectivity index (χ1) is 17.8. The highest BCUT2D eigenvalue weighted by Crippen LogP contribution is 2.24. The van der Waals surface area contributed by atoms with Crippen LogP contribution >= 0.6 is 0 Å². The molecule has 3 aromatic rings. The minimum Gasteiger partial charge on any atom is -0.460 e. The van der Waals surface area contributed by atoms with Crippen LogP contribution in [0.2, 0.25) is 0 Å². The van der Waals surface area contributed by atoms with E-state index in [2.05, 4.69) is 59.6 Å². The van der Waals surface area contributed by atoms with Crippen LogP contribution in [0.25, 0.3) is 18.2 Å². The molecule has 0 spiro atoms. The third kappa shape index (κ3) is 5.43. The van der Waals surface area contributed by atoms with E-state index in [0.717, 1.165) is 36.6 Å². The minimum atomic E-state index is -0.447. The summed E-state index contributed by atoms with van der Waals surface area (Å²) in [6.07, 6.45) is 13.5. The Morgan fingerprint density at radius 3 is 2.62 bits per heavy atom. The summed E-state index contributed by atoms with van der Waals surface area (Å²) in [6, 6.07) is 18.8. The maximum Gasteiger partial charge on any atom is 0.310 e. The number of hydrogen-bond donors (Lipinski definition) is 1. The van der Waals surface area contributed by atoms with Crippen molar-refractivity contribution in [2.24, 2.45) is 10.9 Å². The monoisotopic (exact) mass is 490 g/mol. The maximum absolute atomic E-state index is 12.6. The Bertz CT molecular complexity index is 1620. The van der Waals surface area contributed by atoms with Crippen molar-refractivity contribution in [1.82, 2.24) is 0 Å². The molecule has 1 heterocycles. The lowest BCUT2D eigenvalue weighted by Crippen LogP contribution is -2.33. The van der Waals surface area contributed by atoms with E-state index in [1.165, 1.54) is 37.9 Å². The molecule has 3 aliphatic rings. The molecule has 0 amide bonds. The van der Waals surface area contributed by atoms with Crippen LogP contribution in [0.1, 0.15) is 49.4 Å². The Hall–Kier alpha value is -3.92. The molecule has 0 radical (unpaired) electrons. The highest BCUT2D eigenvalue weighted by molar-refractivity contribution is 5.75. The molecule has 2 aliphatic carbocycles. The van der Waals surface area contributed by atoms with Crippen LogP contribution in [0.4, 0.5) is 5.69 Å². The van der Waals surface area contributed by atoms with Crippen LogP contribution in [0, 0.1) is 16.4 Å². The molecule has 0 fully saturated rings. The summed E-state index contributed by atoms with van der Waals surface area (Å²) in [5.41, 5.74) is 11.8. The average Bonchev–Trinajstić information content (AvgIpc) is 3.13. The second-order valence-corrected chi connectivity index (χ2v) is 10.8. The molecule has 37 heavy (non-hydrogen) atoms. The van der Waals surface area contributed by atoms with E-state index in [4.69, 9.17) is 10.5 Å². The summed E-state index contributed by atoms with van der Waals surface area (Å²) in [7, 11) is 0. The van der Waals surface area contributed by atoms with E-state index >= 15 is 0 Å². The first-order valence-corrected chi connectivity index (χ1v) is 13.0. The zero-order chi connectivity index (χ0) is 26.0. The summed E-state index contributed by atoms with van der Waals surface area (Å²) in [5.74, 6) is -0.197. The van der Waals surface area contributed by atoms with Crippen molar-refractivity contribution in [3.8, 4) is 0 Å². The maximum atomic E-state index is 12.6. The van der Waals surface area contributed by atoms with Crippen molar-refractivity contribution in [3.63, 3.8) is 0 Å². The third-order valence-corrected chi connectivity index (χ3v) is 7.03. The van der Waals surface area contributed by atoms with Crippen molar-refractivity contribution in [2.45, 2.75) is 52.1 Å². The molecule has 4 heteroatoms. The fourth-order valence-electron chi connectivity index (χ4n) is 5.26. The van der Waals surface area contributed by atoms with E-state index in [-0.39, 0.29) is 11.9 Å². The molecule has 6 rings (SSSR count). The molecule has 1 aliphatic heterocycles. The Kier molecular flexibility index (Phi) is 6.84. The number of nitrogen functional groups attached to an aromatic ring is 1. The second-order valence-electron chi connectivity index (χ2n) is 10.8. The Morgan fingerprint density at radius 1 is 0.946 bits per heavy atom. The molecule has 3 aromatic carbocycles. The van der Waals surface area contributed by atoms with Gasteiger partial charge in [-0.05, 0) is 90.1 Å². The molecular formula is C33H34N2O2. The van der Waals surface area contributed by atoms with Gasteiger partial charge in [-0.25, -0.2) is 0 Å². The van der Waals surface area contributed by atoms with Gasteiger partial charge in [0.25, 0.3) is 0 Å². The molecule has 4 nitrogen and oxygen atoms in total. The lowest BCUT2D eigenvalue weighted by atomic mass is 9.84. The first kappa shape index (κ1) is 24.8. The molecule has 0 saturated carbocycles. The van der Waals surface area contributed by atoms with Gasteiger partial charge in [-0.3, -0.25) is 9.79 Å². The van der Waals surface area contributed by atoms with Crippen LogP contribution < -0.4 is 16.2 Å². The highest BCUT2D eigenvalue weighted by atomic mass is 16.6. The Balaban J connectivity index is 0.000000212. The van der Waals surface area contributed by atoms with Crippen molar-refractivity contribution >= 4 is 36.1 Å². The number of esters is 1. The van der Waals surface area contributed by atoms with Gasteiger partial charge in [0.05, 0.1) is 5.92 Å². The van der Waals surface area contributed by atoms with E-state index in [1.54, 1.807) is 0 Å². The number of anilines is 1. The molecule has 1 atom stereocenters. The van der Waals surface area contributed by atoms with Crippen molar-refractivity contribution < 1.29 is 9.53 Å². The van der Waals surface area contributed by atoms with Gasteiger partial charge >= 0.3 is 5.97 Å². The normalized spacial score (nSPS) is 16.8. The van der Waals surface area contributed by atoms with Crippen LogP contribution in [0.5, 0.6) is 0 Å². The number of hydrogen-bond acceptors (Lipinski definition) is 4. The number of aliphatic imine (C=N–C) groups is 1. The summed E-state index contributed by atoms with van der Waals surface area (Å²) in [4.78, 5) is 16.6. The average molecular weight is 491 g/mol. The van der Waals surface area contributed by atoms with E-state index in [1.807, 2.05) is 51.4 Å². The van der Waals surface area contributed by atoms with Gasteiger partial charge in [-0.1, -0.05) is 60.7 Å². The van der Waals surface area contributed by atoms with Crippen LogP contribution in [0.3, 0.4) is 0 Å². The topological polar surface area (TPSA) is 64.7 Å². The number of nitrogens with two attached hydrogens (primary N) is 1. The van der Waals surface area contributed by atoms with Crippen molar-refractivity contribution in [3.05, 3.63) is 104 Å². The fourth-order valence-corrected chi connectivity index (χ4v) is 5.26. The molecule has 0 bridgehead atoms. The van der Waals surface area contributed by atoms with Gasteiger partial charge in [-0.15, -0.1) is 0 Å². The smallest absolute Gasteiger partial charge is 0.310 e. The summed E-state index contributed by atoms with van der Waals surface area (Å²) in [5, 5.41) is 4.81. The van der Waals surface area contributed by atoms with Crippen LogP contribution in [-0.4, -0.2) is 17.8 Å². The number of benzene rings is 3. The number of carbonyl (C=O) groups is 1. The first-order valence-electron chi connectivity index (χ1n) is 13.0. The predicted octanol–water partition coefficient (Wildman–Crippen LogP) is 4.86. The van der Waals surface area contributed by atoms with E-state index in [9.17, 15) is 4.79 Å². The molecular weight excluding hydrogens is 456 g/mol. The van der Waals surface area contributed by atoms with Gasteiger partial charge in [0.2, 0.25) is 0 Å². The number of rotatable bonds is 1. The van der Waals surface area contributed by atoms with E-state index in [0.29, 0.717) is 0 Å². The van der Waals surface area contributed by atoms with Gasteiger partial charge < -0.3 is 10.5 Å². The van der Waals surface area contributed by atoms with Crippen LogP contribution in [0.15, 0.2) is 65.8 Å². The highest BCUT2D eigenvalue weighted by Gasteiger charge is 2.28. The van der Waals surface area contributed by atoms with Crippen molar-refractivity contribution in [1.29, 1.82) is 0 Å². The molecule has 0 aromatic heterocycles. The fraction of sp³-hybridized carbons (Fsp3) is 0.273. The Labute approximate surface area is 218 Å². The number of ether oxygens (including phenoxy) is 1. The van der Waals surface area contributed by atoms with E-state index < -0.39 is 5.60 Å². The van der Waals surface area contributed by atoms with Crippen LogP contribution in [-0.2, 0) is 28.8 Å². The molecule has 188 valence electrons. The number of nitrogens with zero attached hydrogens (tertiary/aromatic N) is 1. The predicted molar refractivity (Wildman–Crippen MR) is 152 cm³/mol. The third-order valence-electron chi connectivity index (χ3n) is 7.03. The van der Waals surface area contributed by atoms with Crippen molar-refractivity contribution in [2.75, 3.05) is 5.73 Å². The molecule has 2 N–H and O–H groups in total. The lowest BCUT2D eigenvalue weighted by Gasteiger charge is -2.26. The minimum absolute atomic E-state index is 0.0959. The standard InChI is InChI=1S/C23H25NO2.C10H9N/c1-23(2,3)26-22(25)15-8-7-14-9-10-17-16-5-4-6-21(24)19(16)12-11-18(17)20(14)13-15;1-2-4-10-6-8-11-7-5-9(10)3-1/h4-7,9-10,12,15H,8,11,13,24H2,1-3H3;1-5,7-8H,6H2. The van der Waals surface area contributed by atoms with Gasteiger partial charge in [0.1, 0.15) is 5.60 Å². The second kappa shape index (κ2) is 10.2. The molecule has 0 saturated heterocycles. The Morgan fingerprint density at radius 2 is 1.78 bits per heavy atom. The quantitative estimate of drug-likeness (QED) is 0.391. The summed E-state index contributed by atoms with van der Waals surface area (Å²) in [6.45, 7) is 5.76. The summed E-state index contributed by atoms with van der Waals surface area (Å²) < 4.78 is 5.62. The van der Waals surface area contributed by atoms with Gasteiger partial charge in [0, 0.05) is 29.7 Å². The lowest BCUT2D eigenvalue weighted by molar-refractivity contribution is -0.159. The zero-order valence-corrected chi connectivity index (χ0v) is 21.8. The SMILES string of the molecule is C1=Cc2ccccc2CC=N1.CC(C)(C)OC(=O)C1CC=c2ccc3c(c2C1)CC=c1c(N)cccc1=3. The number of carbonyl (C=O) groups excluding carboxylic acids is 1. The van der Waals surface area contributed by atoms with Gasteiger partial charge in [0.15, 0.2) is 0 Å². The van der Waals surface area contributed by atoms with Gasteiger partial charge in [-0.2, -0.15) is 0 Å². The number of fused-ring (bicyclic) bond motifs is 5. The zero-order valence-electron chi connectivity index (χ0n) is 21.8. The largest absolute Gasteiger partial charge is 0.460 e. The summed E-state index contributed by atoms with van der Waals surface area (Å²) >= 11 is 0. The molecule has 1 unspecified atom stereocenters.